The highest BCUT2D eigenvalue weighted by Crippen LogP contribution is 2.42. The van der Waals surface area contributed by atoms with E-state index < -0.39 is 32.4 Å². The van der Waals surface area contributed by atoms with Gasteiger partial charge in [0.05, 0.1) is 20.9 Å². The Balaban J connectivity index is 1.56. The largest absolute Gasteiger partial charge is 0.416 e. The Hall–Kier alpha value is -2.17. The van der Waals surface area contributed by atoms with Crippen molar-refractivity contribution >= 4 is 15.7 Å². The van der Waals surface area contributed by atoms with Crippen LogP contribution in [0.3, 0.4) is 0 Å². The van der Waals surface area contributed by atoms with Crippen LogP contribution in [0.2, 0.25) is 0 Å². The van der Waals surface area contributed by atoms with Gasteiger partial charge in [-0.2, -0.15) is 13.2 Å². The van der Waals surface area contributed by atoms with Crippen molar-refractivity contribution in [1.82, 2.24) is 4.98 Å². The monoisotopic (exact) mass is 484 g/mol. The van der Waals surface area contributed by atoms with Crippen molar-refractivity contribution in [3.8, 4) is 0 Å². The van der Waals surface area contributed by atoms with Gasteiger partial charge in [-0.3, -0.25) is 0 Å². The minimum atomic E-state index is -4.62. The molecule has 10 heteroatoms. The van der Waals surface area contributed by atoms with Crippen molar-refractivity contribution in [2.75, 3.05) is 25.1 Å². The third kappa shape index (κ3) is 5.17. The van der Waals surface area contributed by atoms with E-state index in [1.165, 1.54) is 6.07 Å². The van der Waals surface area contributed by atoms with Crippen molar-refractivity contribution in [3.63, 3.8) is 0 Å². The van der Waals surface area contributed by atoms with E-state index in [9.17, 15) is 21.6 Å². The number of aromatic nitrogens is 1. The zero-order valence-electron chi connectivity index (χ0n) is 18.3. The van der Waals surface area contributed by atoms with Crippen LogP contribution in [0.25, 0.3) is 0 Å². The number of anilines is 1. The lowest BCUT2D eigenvalue weighted by atomic mass is 9.94. The second-order valence-corrected chi connectivity index (χ2v) is 11.2. The molecule has 0 bridgehead atoms. The molecule has 2 aliphatic rings. The third-order valence-electron chi connectivity index (χ3n) is 6.36. The first kappa shape index (κ1) is 24.0. The van der Waals surface area contributed by atoms with Gasteiger partial charge in [0.2, 0.25) is 0 Å². The van der Waals surface area contributed by atoms with E-state index in [0.717, 1.165) is 25.0 Å². The smallest absolute Gasteiger partial charge is 0.381 e. The fourth-order valence-corrected chi connectivity index (χ4v) is 6.12. The number of ether oxygens (including phenoxy) is 2. The molecular weight excluding hydrogens is 457 g/mol. The molecule has 2 fully saturated rings. The molecule has 2 saturated heterocycles. The highest BCUT2D eigenvalue weighted by molar-refractivity contribution is 7.92. The molecule has 6 nitrogen and oxygen atoms in total. The predicted octanol–water partition coefficient (Wildman–Crippen LogP) is 4.78. The number of hydrogen-bond donors (Lipinski definition) is 1. The zero-order chi connectivity index (χ0) is 23.7. The molecule has 180 valence electrons. The van der Waals surface area contributed by atoms with Gasteiger partial charge in [0.25, 0.3) is 0 Å². The summed E-state index contributed by atoms with van der Waals surface area (Å²) >= 11 is 0. The summed E-state index contributed by atoms with van der Waals surface area (Å²) in [6.07, 6.45) is -3.17. The van der Waals surface area contributed by atoms with Gasteiger partial charge in [-0.25, -0.2) is 13.4 Å². The molecule has 2 aliphatic heterocycles. The van der Waals surface area contributed by atoms with E-state index in [0.29, 0.717) is 30.8 Å². The molecule has 0 saturated carbocycles. The molecule has 4 rings (SSSR count). The van der Waals surface area contributed by atoms with Crippen LogP contribution in [-0.2, 0) is 25.5 Å². The molecule has 1 aromatic heterocycles. The van der Waals surface area contributed by atoms with E-state index in [1.54, 1.807) is 13.0 Å². The lowest BCUT2D eigenvalue weighted by Gasteiger charge is -2.37. The molecule has 0 spiro atoms. The molecular formula is C23H27F3N2O4S. The van der Waals surface area contributed by atoms with E-state index in [1.807, 2.05) is 12.1 Å². The predicted molar refractivity (Wildman–Crippen MR) is 117 cm³/mol. The summed E-state index contributed by atoms with van der Waals surface area (Å²) in [6, 6.07) is 9.64. The number of nitrogens with one attached hydrogen (secondary N) is 1. The third-order valence-corrected chi connectivity index (χ3v) is 8.90. The lowest BCUT2D eigenvalue weighted by Crippen LogP contribution is -2.42. The Labute approximate surface area is 191 Å². The maximum atomic E-state index is 13.4. The van der Waals surface area contributed by atoms with Crippen LogP contribution in [0.1, 0.15) is 50.0 Å². The maximum Gasteiger partial charge on any atom is 0.416 e. The van der Waals surface area contributed by atoms with Crippen molar-refractivity contribution in [1.29, 1.82) is 0 Å². The van der Waals surface area contributed by atoms with Crippen LogP contribution in [0.5, 0.6) is 0 Å². The molecule has 1 aromatic carbocycles. The van der Waals surface area contributed by atoms with Crippen molar-refractivity contribution in [3.05, 3.63) is 53.7 Å². The van der Waals surface area contributed by atoms with Crippen LogP contribution < -0.4 is 5.32 Å². The van der Waals surface area contributed by atoms with E-state index in [-0.39, 0.29) is 30.4 Å². The van der Waals surface area contributed by atoms with Gasteiger partial charge in [0.1, 0.15) is 11.9 Å². The number of pyridine rings is 1. The molecule has 0 aliphatic carbocycles. The summed E-state index contributed by atoms with van der Waals surface area (Å²) in [5.41, 5.74) is -0.387. The van der Waals surface area contributed by atoms with Crippen molar-refractivity contribution in [2.45, 2.75) is 60.6 Å². The van der Waals surface area contributed by atoms with Gasteiger partial charge in [-0.1, -0.05) is 12.1 Å². The fraction of sp³-hybridized carbons (Fsp3) is 0.522. The first-order valence-electron chi connectivity index (χ1n) is 10.9. The first-order valence-corrected chi connectivity index (χ1v) is 12.4. The Morgan fingerprint density at radius 3 is 2.55 bits per heavy atom. The van der Waals surface area contributed by atoms with Crippen LogP contribution in [0.4, 0.5) is 19.0 Å². The average molecular weight is 485 g/mol. The number of halogens is 3. The topological polar surface area (TPSA) is 77.5 Å². The van der Waals surface area contributed by atoms with Crippen LogP contribution in [0.15, 0.2) is 47.4 Å². The molecule has 0 amide bonds. The number of hydrogen-bond acceptors (Lipinski definition) is 6. The molecule has 2 aromatic rings. The van der Waals surface area contributed by atoms with Gasteiger partial charge in [0.15, 0.2) is 9.84 Å². The van der Waals surface area contributed by atoms with Crippen LogP contribution >= 0.6 is 0 Å². The van der Waals surface area contributed by atoms with E-state index >= 15 is 0 Å². The average Bonchev–Trinajstić information content (AvgIpc) is 2.79. The highest BCUT2D eigenvalue weighted by Gasteiger charge is 2.46. The zero-order valence-corrected chi connectivity index (χ0v) is 19.1. The standard InChI is InChI=1S/C23H27F3N2O4S/c1-22(33(29,30)18-5-2-4-16(14-18)23(24,25)26)10-13-32-20(15-22)19-6-3-7-21(28-19)27-17-8-11-31-12-9-17/h2-7,14,17,20H,8-13,15H2,1H3,(H,27,28). The normalized spacial score (nSPS) is 25.0. The molecule has 1 N–H and O–H groups in total. The number of rotatable bonds is 5. The van der Waals surface area contributed by atoms with E-state index in [4.69, 9.17) is 9.47 Å². The minimum absolute atomic E-state index is 0.0965. The van der Waals surface area contributed by atoms with Crippen molar-refractivity contribution in [2.24, 2.45) is 0 Å². The minimum Gasteiger partial charge on any atom is -0.381 e. The van der Waals surface area contributed by atoms with Gasteiger partial charge in [-0.05, 0) is 62.9 Å². The van der Waals surface area contributed by atoms with Gasteiger partial charge < -0.3 is 14.8 Å². The molecule has 3 heterocycles. The summed E-state index contributed by atoms with van der Waals surface area (Å²) in [6.45, 7) is 3.12. The molecule has 2 atom stereocenters. The second-order valence-electron chi connectivity index (χ2n) is 8.77. The SMILES string of the molecule is CC1(S(=O)(=O)c2cccc(C(F)(F)F)c2)CCOC(c2cccc(NC3CCOCC3)n2)C1. The Kier molecular flexibility index (Phi) is 6.70. The molecule has 33 heavy (non-hydrogen) atoms. The highest BCUT2D eigenvalue weighted by atomic mass is 32.2. The Bertz CT molecular complexity index is 1090. The fourth-order valence-electron chi connectivity index (χ4n) is 4.29. The quantitative estimate of drug-likeness (QED) is 0.659. The molecule has 2 unspecified atom stereocenters. The number of alkyl halides is 3. The van der Waals surface area contributed by atoms with Gasteiger partial charge in [0, 0.05) is 25.9 Å². The summed E-state index contributed by atoms with van der Waals surface area (Å²) < 4.78 is 76.2. The van der Waals surface area contributed by atoms with E-state index in [2.05, 4.69) is 10.3 Å². The van der Waals surface area contributed by atoms with Crippen molar-refractivity contribution < 1.29 is 31.1 Å². The second kappa shape index (κ2) is 9.23. The Morgan fingerprint density at radius 2 is 1.82 bits per heavy atom. The first-order chi connectivity index (χ1) is 15.6. The summed E-state index contributed by atoms with van der Waals surface area (Å²) in [5, 5.41) is 3.39. The van der Waals surface area contributed by atoms with Crippen LogP contribution in [-0.4, -0.2) is 44.0 Å². The van der Waals surface area contributed by atoms with Gasteiger partial charge in [-0.15, -0.1) is 0 Å². The maximum absolute atomic E-state index is 13.4. The summed E-state index contributed by atoms with van der Waals surface area (Å²) in [5.74, 6) is 0.677. The van der Waals surface area contributed by atoms with Crippen LogP contribution in [0, 0.1) is 0 Å². The summed E-state index contributed by atoms with van der Waals surface area (Å²) in [4.78, 5) is 4.31. The number of nitrogens with zero attached hydrogens (tertiary/aromatic N) is 1. The van der Waals surface area contributed by atoms with Gasteiger partial charge >= 0.3 is 6.18 Å². The Morgan fingerprint density at radius 1 is 1.09 bits per heavy atom. The number of benzene rings is 1. The lowest BCUT2D eigenvalue weighted by molar-refractivity contribution is -0.137. The number of sulfone groups is 1. The molecule has 0 radical (unpaired) electrons. The summed E-state index contributed by atoms with van der Waals surface area (Å²) in [7, 11) is -4.06.